The maximum absolute atomic E-state index is 14.0. The summed E-state index contributed by atoms with van der Waals surface area (Å²) in [6.07, 6.45) is 1.49. The smallest absolute Gasteiger partial charge is 0.257 e. The monoisotopic (exact) mass is 323 g/mol. The van der Waals surface area contributed by atoms with Crippen molar-refractivity contribution in [3.63, 3.8) is 0 Å². The van der Waals surface area contributed by atoms with Crippen molar-refractivity contribution in [1.29, 1.82) is 0 Å². The summed E-state index contributed by atoms with van der Waals surface area (Å²) >= 11 is 0. The van der Waals surface area contributed by atoms with E-state index in [1.807, 2.05) is 30.3 Å². The van der Waals surface area contributed by atoms with Gasteiger partial charge in [0.05, 0.1) is 17.5 Å². The lowest BCUT2D eigenvalue weighted by atomic mass is 10.2. The first kappa shape index (κ1) is 15.9. The van der Waals surface area contributed by atoms with E-state index in [0.29, 0.717) is 23.5 Å². The van der Waals surface area contributed by atoms with Gasteiger partial charge in [0.15, 0.2) is 0 Å². The molecule has 0 saturated heterocycles. The molecule has 0 atom stereocenters. The summed E-state index contributed by atoms with van der Waals surface area (Å²) in [4.78, 5) is 14.3. The summed E-state index contributed by atoms with van der Waals surface area (Å²) in [6.45, 7) is 2.27. The second-order valence-corrected chi connectivity index (χ2v) is 5.65. The van der Waals surface area contributed by atoms with E-state index >= 15 is 0 Å². The van der Waals surface area contributed by atoms with Crippen molar-refractivity contribution in [3.05, 3.63) is 83.4 Å². The van der Waals surface area contributed by atoms with Crippen LogP contribution in [-0.4, -0.2) is 27.6 Å². The zero-order valence-corrected chi connectivity index (χ0v) is 13.6. The van der Waals surface area contributed by atoms with Crippen LogP contribution in [0.2, 0.25) is 0 Å². The van der Waals surface area contributed by atoms with Gasteiger partial charge >= 0.3 is 0 Å². The van der Waals surface area contributed by atoms with E-state index in [1.165, 1.54) is 16.9 Å². The Morgan fingerprint density at radius 3 is 2.50 bits per heavy atom. The molecule has 0 saturated carbocycles. The predicted molar refractivity (Wildman–Crippen MR) is 90.5 cm³/mol. The number of hydrogen-bond acceptors (Lipinski definition) is 2. The highest BCUT2D eigenvalue weighted by atomic mass is 19.1. The van der Waals surface area contributed by atoms with Gasteiger partial charge in [-0.2, -0.15) is 5.10 Å². The van der Waals surface area contributed by atoms with Crippen molar-refractivity contribution in [1.82, 2.24) is 14.7 Å². The molecule has 0 unspecified atom stereocenters. The van der Waals surface area contributed by atoms with Crippen LogP contribution in [-0.2, 0) is 6.54 Å². The molecule has 0 radical (unpaired) electrons. The highest BCUT2D eigenvalue weighted by molar-refractivity contribution is 5.95. The van der Waals surface area contributed by atoms with E-state index in [4.69, 9.17) is 0 Å². The molecule has 0 fully saturated rings. The van der Waals surface area contributed by atoms with Crippen molar-refractivity contribution in [2.24, 2.45) is 0 Å². The first-order valence-corrected chi connectivity index (χ1v) is 7.67. The lowest BCUT2D eigenvalue weighted by molar-refractivity contribution is 0.0784. The zero-order valence-electron chi connectivity index (χ0n) is 13.6. The number of amides is 1. The number of aromatic nitrogens is 2. The van der Waals surface area contributed by atoms with Gasteiger partial charge < -0.3 is 4.90 Å². The molecular formula is C19H18FN3O. The highest BCUT2D eigenvalue weighted by Crippen LogP contribution is 2.18. The molecule has 5 heteroatoms. The molecule has 24 heavy (non-hydrogen) atoms. The number of carbonyl (C=O) groups excluding carboxylic acids is 1. The topological polar surface area (TPSA) is 38.1 Å². The summed E-state index contributed by atoms with van der Waals surface area (Å²) in [5, 5.41) is 4.19. The minimum atomic E-state index is -0.375. The molecule has 122 valence electrons. The molecule has 0 bridgehead atoms. The van der Waals surface area contributed by atoms with Crippen LogP contribution < -0.4 is 0 Å². The summed E-state index contributed by atoms with van der Waals surface area (Å²) < 4.78 is 15.4. The molecule has 1 amide bonds. The zero-order chi connectivity index (χ0) is 17.1. The standard InChI is InChI=1S/C19H18FN3O/c1-14-16(12-21-23(14)18-11-7-6-10-17(18)20)19(24)22(2)13-15-8-4-3-5-9-15/h3-12H,13H2,1-2H3. The summed E-state index contributed by atoms with van der Waals surface area (Å²) in [5.41, 5.74) is 2.47. The van der Waals surface area contributed by atoms with E-state index in [0.717, 1.165) is 5.56 Å². The number of para-hydroxylation sites is 1. The average Bonchev–Trinajstić information content (AvgIpc) is 2.97. The molecule has 4 nitrogen and oxygen atoms in total. The first-order chi connectivity index (χ1) is 11.6. The Hall–Kier alpha value is -2.95. The molecule has 0 spiro atoms. The van der Waals surface area contributed by atoms with Crippen molar-refractivity contribution in [2.75, 3.05) is 7.05 Å². The van der Waals surface area contributed by atoms with Crippen LogP contribution in [0.4, 0.5) is 4.39 Å². The quantitative estimate of drug-likeness (QED) is 0.736. The Labute approximate surface area is 140 Å². The number of rotatable bonds is 4. The molecule has 3 rings (SSSR count). The maximum Gasteiger partial charge on any atom is 0.257 e. The Morgan fingerprint density at radius 2 is 1.79 bits per heavy atom. The third kappa shape index (κ3) is 3.06. The van der Waals surface area contributed by atoms with Crippen LogP contribution in [0.5, 0.6) is 0 Å². The Bertz CT molecular complexity index is 858. The van der Waals surface area contributed by atoms with E-state index in [9.17, 15) is 9.18 Å². The third-order valence-electron chi connectivity index (χ3n) is 3.93. The predicted octanol–water partition coefficient (Wildman–Crippen LogP) is 3.59. The van der Waals surface area contributed by atoms with Gasteiger partial charge in [-0.25, -0.2) is 9.07 Å². The Kier molecular flexibility index (Phi) is 4.42. The van der Waals surface area contributed by atoms with Crippen LogP contribution in [0.15, 0.2) is 60.8 Å². The van der Waals surface area contributed by atoms with E-state index in [2.05, 4.69) is 5.10 Å². The molecule has 0 aliphatic rings. The molecule has 0 N–H and O–H groups in total. The van der Waals surface area contributed by atoms with Crippen LogP contribution in [0.3, 0.4) is 0 Å². The number of carbonyl (C=O) groups is 1. The fourth-order valence-electron chi connectivity index (χ4n) is 2.62. The lowest BCUT2D eigenvalue weighted by Crippen LogP contribution is -2.26. The Balaban J connectivity index is 1.85. The lowest BCUT2D eigenvalue weighted by Gasteiger charge is -2.17. The molecular weight excluding hydrogens is 305 g/mol. The first-order valence-electron chi connectivity index (χ1n) is 7.67. The van der Waals surface area contributed by atoms with Crippen LogP contribution in [0, 0.1) is 12.7 Å². The molecule has 0 aliphatic heterocycles. The van der Waals surface area contributed by atoms with Gasteiger partial charge in [-0.1, -0.05) is 42.5 Å². The average molecular weight is 323 g/mol. The maximum atomic E-state index is 14.0. The Morgan fingerprint density at radius 1 is 1.12 bits per heavy atom. The van der Waals surface area contributed by atoms with E-state index < -0.39 is 0 Å². The highest BCUT2D eigenvalue weighted by Gasteiger charge is 2.19. The van der Waals surface area contributed by atoms with Gasteiger partial charge in [-0.15, -0.1) is 0 Å². The SMILES string of the molecule is Cc1c(C(=O)N(C)Cc2ccccc2)cnn1-c1ccccc1F. The normalized spacial score (nSPS) is 10.6. The van der Waals surface area contributed by atoms with Gasteiger partial charge in [0.1, 0.15) is 11.5 Å². The van der Waals surface area contributed by atoms with Crippen molar-refractivity contribution < 1.29 is 9.18 Å². The molecule has 0 aliphatic carbocycles. The third-order valence-corrected chi connectivity index (χ3v) is 3.93. The van der Waals surface area contributed by atoms with E-state index in [1.54, 1.807) is 37.1 Å². The number of hydrogen-bond donors (Lipinski definition) is 0. The largest absolute Gasteiger partial charge is 0.337 e. The molecule has 1 heterocycles. The van der Waals surface area contributed by atoms with Crippen LogP contribution >= 0.6 is 0 Å². The summed E-state index contributed by atoms with van der Waals surface area (Å²) in [6, 6.07) is 16.1. The van der Waals surface area contributed by atoms with Gasteiger partial charge in [0.25, 0.3) is 5.91 Å². The van der Waals surface area contributed by atoms with Crippen molar-refractivity contribution in [2.45, 2.75) is 13.5 Å². The number of benzene rings is 2. The molecule has 2 aromatic carbocycles. The second-order valence-electron chi connectivity index (χ2n) is 5.65. The van der Waals surface area contributed by atoms with Gasteiger partial charge in [-0.3, -0.25) is 4.79 Å². The second kappa shape index (κ2) is 6.66. The van der Waals surface area contributed by atoms with Gasteiger partial charge in [0, 0.05) is 13.6 Å². The van der Waals surface area contributed by atoms with Crippen molar-refractivity contribution in [3.8, 4) is 5.69 Å². The minimum absolute atomic E-state index is 0.140. The van der Waals surface area contributed by atoms with Gasteiger partial charge in [-0.05, 0) is 24.6 Å². The van der Waals surface area contributed by atoms with Gasteiger partial charge in [0.2, 0.25) is 0 Å². The number of halogens is 1. The summed E-state index contributed by atoms with van der Waals surface area (Å²) in [5.74, 6) is -0.515. The fourth-order valence-corrected chi connectivity index (χ4v) is 2.62. The molecule has 1 aromatic heterocycles. The number of nitrogens with zero attached hydrogens (tertiary/aromatic N) is 3. The van der Waals surface area contributed by atoms with Crippen LogP contribution in [0.1, 0.15) is 21.6 Å². The molecule has 3 aromatic rings. The van der Waals surface area contributed by atoms with Crippen LogP contribution in [0.25, 0.3) is 5.69 Å². The van der Waals surface area contributed by atoms with Crippen molar-refractivity contribution >= 4 is 5.91 Å². The fraction of sp³-hybridized carbons (Fsp3) is 0.158. The minimum Gasteiger partial charge on any atom is -0.337 e. The summed E-state index contributed by atoms with van der Waals surface area (Å²) in [7, 11) is 1.75. The van der Waals surface area contributed by atoms with E-state index in [-0.39, 0.29) is 11.7 Å².